The maximum Gasteiger partial charge on any atom is 0.291 e. The highest BCUT2D eigenvalue weighted by atomic mass is 35.5. The summed E-state index contributed by atoms with van der Waals surface area (Å²) in [6.45, 7) is 4.33. The van der Waals surface area contributed by atoms with Crippen LogP contribution < -0.4 is 10.9 Å². The van der Waals surface area contributed by atoms with Gasteiger partial charge in [-0.15, -0.1) is 0 Å². The Labute approximate surface area is 179 Å². The quantitative estimate of drug-likeness (QED) is 0.511. The highest BCUT2D eigenvalue weighted by Gasteiger charge is 2.17. The lowest BCUT2D eigenvalue weighted by Gasteiger charge is -2.12. The summed E-state index contributed by atoms with van der Waals surface area (Å²) in [6, 6.07) is 15.5. The van der Waals surface area contributed by atoms with Crippen LogP contribution in [-0.4, -0.2) is 26.3 Å². The van der Waals surface area contributed by atoms with E-state index in [4.69, 9.17) is 11.6 Å². The van der Waals surface area contributed by atoms with Crippen LogP contribution in [0.4, 0.5) is 0 Å². The average molecular weight is 423 g/mol. The molecular formula is C23H23ClN4O2. The van der Waals surface area contributed by atoms with Crippen LogP contribution in [0.5, 0.6) is 0 Å². The number of fused-ring (bicyclic) bond motifs is 3. The van der Waals surface area contributed by atoms with Gasteiger partial charge in [0.15, 0.2) is 0 Å². The summed E-state index contributed by atoms with van der Waals surface area (Å²) in [5.41, 5.74) is 2.23. The second kappa shape index (κ2) is 8.32. The van der Waals surface area contributed by atoms with Crippen molar-refractivity contribution in [1.82, 2.24) is 19.7 Å². The van der Waals surface area contributed by atoms with Gasteiger partial charge >= 0.3 is 0 Å². The van der Waals surface area contributed by atoms with Crippen molar-refractivity contribution in [3.8, 4) is 0 Å². The highest BCUT2D eigenvalue weighted by Crippen LogP contribution is 2.27. The first-order valence-electron chi connectivity index (χ1n) is 9.98. The molecule has 2 aromatic carbocycles. The molecule has 1 unspecified atom stereocenters. The fraction of sp³-hybridized carbons (Fsp3) is 0.261. The topological polar surface area (TPSA) is 68.9 Å². The Morgan fingerprint density at radius 1 is 1.13 bits per heavy atom. The van der Waals surface area contributed by atoms with Crippen molar-refractivity contribution in [1.29, 1.82) is 0 Å². The van der Waals surface area contributed by atoms with E-state index >= 15 is 0 Å². The van der Waals surface area contributed by atoms with Crippen LogP contribution in [-0.2, 0) is 17.9 Å². The minimum absolute atomic E-state index is 0.0493. The molecule has 6 nitrogen and oxygen atoms in total. The summed E-state index contributed by atoms with van der Waals surface area (Å²) in [4.78, 5) is 25.7. The monoisotopic (exact) mass is 422 g/mol. The molecule has 4 rings (SSSR count). The normalized spacial score (nSPS) is 12.4. The van der Waals surface area contributed by atoms with Gasteiger partial charge in [0.05, 0.1) is 6.20 Å². The third-order valence-electron chi connectivity index (χ3n) is 5.34. The molecule has 0 bridgehead atoms. The fourth-order valence-electron chi connectivity index (χ4n) is 3.60. The molecule has 0 aliphatic rings. The van der Waals surface area contributed by atoms with Gasteiger partial charge in [0.25, 0.3) is 5.56 Å². The lowest BCUT2D eigenvalue weighted by atomic mass is 10.2. The van der Waals surface area contributed by atoms with E-state index < -0.39 is 0 Å². The molecule has 0 aliphatic carbocycles. The summed E-state index contributed by atoms with van der Waals surface area (Å²) in [7, 11) is 0. The smallest absolute Gasteiger partial charge is 0.291 e. The number of hydrogen-bond donors (Lipinski definition) is 1. The number of rotatable bonds is 6. The number of halogens is 1. The SMILES string of the molecule is CCC(C)NC(=O)Cn1ncc2c3ccccc3n(Cc3ccc(Cl)cc3)c2c1=O. The molecule has 0 aliphatic heterocycles. The van der Waals surface area contributed by atoms with Gasteiger partial charge in [-0.3, -0.25) is 9.59 Å². The maximum absolute atomic E-state index is 13.3. The van der Waals surface area contributed by atoms with E-state index in [1.807, 2.05) is 66.9 Å². The van der Waals surface area contributed by atoms with E-state index in [0.29, 0.717) is 17.1 Å². The Balaban J connectivity index is 1.82. The van der Waals surface area contributed by atoms with E-state index in [-0.39, 0.29) is 24.1 Å². The van der Waals surface area contributed by atoms with Crippen molar-refractivity contribution >= 4 is 39.3 Å². The minimum atomic E-state index is -0.281. The second-order valence-corrected chi connectivity index (χ2v) is 7.91. The molecule has 1 N–H and O–H groups in total. The Morgan fingerprint density at radius 3 is 2.60 bits per heavy atom. The van der Waals surface area contributed by atoms with Gasteiger partial charge in [-0.25, -0.2) is 4.68 Å². The summed E-state index contributed by atoms with van der Waals surface area (Å²) in [6.07, 6.45) is 2.50. The maximum atomic E-state index is 13.3. The van der Waals surface area contributed by atoms with Crippen molar-refractivity contribution < 1.29 is 4.79 Å². The van der Waals surface area contributed by atoms with Crippen LogP contribution in [0.3, 0.4) is 0 Å². The van der Waals surface area contributed by atoms with Crippen molar-refractivity contribution in [3.05, 3.63) is 75.7 Å². The lowest BCUT2D eigenvalue weighted by Crippen LogP contribution is -2.38. The van der Waals surface area contributed by atoms with Crippen molar-refractivity contribution in [3.63, 3.8) is 0 Å². The van der Waals surface area contributed by atoms with Crippen LogP contribution in [0.2, 0.25) is 5.02 Å². The van der Waals surface area contributed by atoms with Gasteiger partial charge in [-0.2, -0.15) is 5.10 Å². The van der Waals surface area contributed by atoms with Gasteiger partial charge in [0.1, 0.15) is 12.1 Å². The lowest BCUT2D eigenvalue weighted by molar-refractivity contribution is -0.122. The molecule has 0 spiro atoms. The number of hydrogen-bond acceptors (Lipinski definition) is 3. The molecule has 4 aromatic rings. The predicted molar refractivity (Wildman–Crippen MR) is 120 cm³/mol. The van der Waals surface area contributed by atoms with Crippen molar-refractivity contribution in [2.75, 3.05) is 0 Å². The van der Waals surface area contributed by atoms with E-state index in [9.17, 15) is 9.59 Å². The summed E-state index contributed by atoms with van der Waals surface area (Å²) >= 11 is 6.02. The molecule has 0 saturated carbocycles. The highest BCUT2D eigenvalue weighted by molar-refractivity contribution is 6.30. The molecule has 1 amide bonds. The van der Waals surface area contributed by atoms with Gasteiger partial charge in [0.2, 0.25) is 5.91 Å². The number of carbonyl (C=O) groups is 1. The molecule has 1 atom stereocenters. The third-order valence-corrected chi connectivity index (χ3v) is 5.59. The third kappa shape index (κ3) is 3.83. The summed E-state index contributed by atoms with van der Waals surface area (Å²) in [5, 5.41) is 9.56. The Bertz CT molecular complexity index is 1270. The number of nitrogens with one attached hydrogen (secondary N) is 1. The Hall–Kier alpha value is -3.12. The van der Waals surface area contributed by atoms with E-state index in [1.54, 1.807) is 6.20 Å². The first-order valence-corrected chi connectivity index (χ1v) is 10.4. The van der Waals surface area contributed by atoms with Gasteiger partial charge in [-0.1, -0.05) is 48.9 Å². The summed E-state index contributed by atoms with van der Waals surface area (Å²) in [5.74, 6) is -0.223. The van der Waals surface area contributed by atoms with Crippen LogP contribution in [0, 0.1) is 0 Å². The Morgan fingerprint density at radius 2 is 1.87 bits per heavy atom. The fourth-order valence-corrected chi connectivity index (χ4v) is 3.73. The molecular weight excluding hydrogens is 400 g/mol. The van der Waals surface area contributed by atoms with Gasteiger partial charge in [-0.05, 0) is 37.1 Å². The standard InChI is InChI=1S/C23H23ClN4O2/c1-3-15(2)26-21(29)14-28-23(30)22-19(12-25-28)18-6-4-5-7-20(18)27(22)13-16-8-10-17(24)11-9-16/h4-12,15H,3,13-14H2,1-2H3,(H,26,29). The molecule has 2 aromatic heterocycles. The predicted octanol–water partition coefficient (Wildman–Crippen LogP) is 3.97. The van der Waals surface area contributed by atoms with Crippen LogP contribution in [0.25, 0.3) is 21.8 Å². The summed E-state index contributed by atoms with van der Waals surface area (Å²) < 4.78 is 3.22. The largest absolute Gasteiger partial charge is 0.352 e. The number of amides is 1. The first kappa shape index (κ1) is 20.2. The van der Waals surface area contributed by atoms with Gasteiger partial charge in [0, 0.05) is 33.9 Å². The van der Waals surface area contributed by atoms with Crippen molar-refractivity contribution in [2.24, 2.45) is 0 Å². The number of carbonyl (C=O) groups excluding carboxylic acids is 1. The molecule has 154 valence electrons. The van der Waals surface area contributed by atoms with Crippen LogP contribution in [0.1, 0.15) is 25.8 Å². The molecule has 0 saturated heterocycles. The van der Waals surface area contributed by atoms with Crippen molar-refractivity contribution in [2.45, 2.75) is 39.4 Å². The number of aromatic nitrogens is 3. The number of para-hydroxylation sites is 1. The molecule has 30 heavy (non-hydrogen) atoms. The molecule has 7 heteroatoms. The van der Waals surface area contributed by atoms with Gasteiger partial charge < -0.3 is 9.88 Å². The number of nitrogens with zero attached hydrogens (tertiary/aromatic N) is 3. The number of benzene rings is 2. The zero-order valence-electron chi connectivity index (χ0n) is 16.9. The average Bonchev–Trinajstić information content (AvgIpc) is 3.06. The first-order chi connectivity index (χ1) is 14.5. The van der Waals surface area contributed by atoms with E-state index in [0.717, 1.165) is 28.3 Å². The zero-order valence-corrected chi connectivity index (χ0v) is 17.7. The molecule has 0 radical (unpaired) electrons. The second-order valence-electron chi connectivity index (χ2n) is 7.48. The molecule has 0 fully saturated rings. The van der Waals surface area contributed by atoms with E-state index in [1.165, 1.54) is 4.68 Å². The van der Waals surface area contributed by atoms with Crippen LogP contribution >= 0.6 is 11.6 Å². The van der Waals surface area contributed by atoms with E-state index in [2.05, 4.69) is 10.4 Å². The minimum Gasteiger partial charge on any atom is -0.352 e. The van der Waals surface area contributed by atoms with Crippen LogP contribution in [0.15, 0.2) is 59.5 Å². The Kier molecular flexibility index (Phi) is 5.59. The zero-order chi connectivity index (χ0) is 21.3. The molecule has 2 heterocycles.